The zero-order valence-electron chi connectivity index (χ0n) is 28.6. The summed E-state index contributed by atoms with van der Waals surface area (Å²) in [7, 11) is -4.66. The lowest BCUT2D eigenvalue weighted by atomic mass is 9.84. The average molecular weight is 759 g/mol. The van der Waals surface area contributed by atoms with E-state index in [9.17, 15) is 24.5 Å². The monoisotopic (exact) mass is 758 g/mol. The Hall–Kier alpha value is -5.97. The van der Waals surface area contributed by atoms with Crippen LogP contribution in [0.4, 0.5) is 5.69 Å². The molecule has 4 bridgehead atoms. The SMILES string of the molecule is O=C(COc1ccccc1)N[C@]12C(=O)OC3=C(C[P+](c4ccccc4)(c4ccccc4)c4ccccc4)C(Cc4ccc([N+](=O)[O-])cc4)[S@](=O)[C@H]1N3C2=O. The van der Waals surface area contributed by atoms with Gasteiger partial charge in [-0.15, -0.1) is 0 Å². The Balaban J connectivity index is 1.26. The number of ether oxygens (including phenoxy) is 2. The third-order valence-corrected chi connectivity index (χ3v) is 16.4. The summed E-state index contributed by atoms with van der Waals surface area (Å²) >= 11 is 0. The molecule has 5 aromatic carbocycles. The van der Waals surface area contributed by atoms with Gasteiger partial charge in [0.1, 0.15) is 35.1 Å². The fraction of sp³-hybridized carbons (Fsp3) is 0.146. The van der Waals surface area contributed by atoms with Gasteiger partial charge in [0.05, 0.1) is 21.0 Å². The second kappa shape index (κ2) is 14.1. The molecule has 11 nitrogen and oxygen atoms in total. The van der Waals surface area contributed by atoms with E-state index >= 15 is 4.21 Å². The summed E-state index contributed by atoms with van der Waals surface area (Å²) in [5.74, 6) is -2.06. The van der Waals surface area contributed by atoms with Crippen molar-refractivity contribution in [1.82, 2.24) is 10.2 Å². The number of non-ortho nitro benzene ring substituents is 1. The molecule has 5 aromatic rings. The third-order valence-electron chi connectivity index (χ3n) is 10.1. The van der Waals surface area contributed by atoms with Crippen molar-refractivity contribution in [1.29, 1.82) is 0 Å². The van der Waals surface area contributed by atoms with Crippen LogP contribution in [0.5, 0.6) is 5.75 Å². The summed E-state index contributed by atoms with van der Waals surface area (Å²) in [6.45, 7) is -0.496. The zero-order valence-corrected chi connectivity index (χ0v) is 30.4. The molecule has 0 spiro atoms. The molecular formula is C41H33N3O8PS+. The summed E-state index contributed by atoms with van der Waals surface area (Å²) < 4.78 is 26.8. The lowest BCUT2D eigenvalue weighted by Crippen LogP contribution is -2.88. The fourth-order valence-corrected chi connectivity index (χ4v) is 14.1. The predicted molar refractivity (Wildman–Crippen MR) is 205 cm³/mol. The van der Waals surface area contributed by atoms with Gasteiger partial charge in [-0.05, 0) is 60.5 Å². The summed E-state index contributed by atoms with van der Waals surface area (Å²) in [6.07, 6.45) is 0.414. The minimum absolute atomic E-state index is 0.0188. The summed E-state index contributed by atoms with van der Waals surface area (Å²) in [4.78, 5) is 53.8. The second-order valence-electron chi connectivity index (χ2n) is 13.1. The van der Waals surface area contributed by atoms with Crippen LogP contribution >= 0.6 is 7.26 Å². The molecular weight excluding hydrogens is 726 g/mol. The molecule has 0 saturated carbocycles. The minimum Gasteiger partial charge on any atom is -0.484 e. The van der Waals surface area contributed by atoms with Crippen LogP contribution in [0.15, 0.2) is 157 Å². The quantitative estimate of drug-likeness (QED) is 0.0500. The highest BCUT2D eigenvalue weighted by atomic mass is 32.2. The predicted octanol–water partition coefficient (Wildman–Crippen LogP) is 4.13. The van der Waals surface area contributed by atoms with E-state index in [1.54, 1.807) is 42.5 Å². The Morgan fingerprint density at radius 1 is 0.815 bits per heavy atom. The van der Waals surface area contributed by atoms with Gasteiger partial charge in [-0.25, -0.2) is 4.79 Å². The average Bonchev–Trinajstić information content (AvgIpc) is 3.21. The van der Waals surface area contributed by atoms with Gasteiger partial charge in [0.15, 0.2) is 12.0 Å². The van der Waals surface area contributed by atoms with Gasteiger partial charge in [0.25, 0.3) is 23.0 Å². The van der Waals surface area contributed by atoms with Crippen molar-refractivity contribution in [3.8, 4) is 5.75 Å². The second-order valence-corrected chi connectivity index (χ2v) is 18.3. The topological polar surface area (TPSA) is 145 Å². The molecule has 270 valence electrons. The van der Waals surface area contributed by atoms with Crippen LogP contribution in [0.3, 0.4) is 0 Å². The van der Waals surface area contributed by atoms with Crippen molar-refractivity contribution in [3.05, 3.63) is 173 Å². The van der Waals surface area contributed by atoms with Crippen LogP contribution in [0, 0.1) is 10.1 Å². The number of esters is 1. The first-order chi connectivity index (χ1) is 26.2. The first-order valence-corrected chi connectivity index (χ1v) is 20.4. The number of nitrogens with zero attached hydrogens (tertiary/aromatic N) is 2. The van der Waals surface area contributed by atoms with Crippen molar-refractivity contribution in [2.45, 2.75) is 22.6 Å². The number of rotatable bonds is 12. The number of carbonyl (C=O) groups excluding carboxylic acids is 3. The zero-order chi connectivity index (χ0) is 37.5. The number of benzene rings is 5. The molecule has 1 unspecified atom stereocenters. The summed E-state index contributed by atoms with van der Waals surface area (Å²) in [5.41, 5.74) is -1.13. The molecule has 1 N–H and O–H groups in total. The molecule has 0 aromatic heterocycles. The van der Waals surface area contributed by atoms with Crippen LogP contribution in [0.1, 0.15) is 5.56 Å². The Morgan fingerprint density at radius 3 is 1.83 bits per heavy atom. The lowest BCUT2D eigenvalue weighted by molar-refractivity contribution is -0.384. The van der Waals surface area contributed by atoms with Crippen LogP contribution in [-0.2, 0) is 36.3 Å². The molecule has 2 fully saturated rings. The van der Waals surface area contributed by atoms with Gasteiger partial charge in [-0.2, -0.15) is 0 Å². The summed E-state index contributed by atoms with van der Waals surface area (Å²) in [5, 5.41) is 15.0. The molecule has 8 rings (SSSR count). The number of para-hydroxylation sites is 1. The number of carbonyl (C=O) groups is 3. The van der Waals surface area contributed by atoms with E-state index in [1.807, 2.05) is 54.6 Å². The van der Waals surface area contributed by atoms with E-state index in [0.717, 1.165) is 15.9 Å². The minimum atomic E-state index is -2.68. The maximum Gasteiger partial charge on any atom is 0.351 e. The number of nitrogens with one attached hydrogen (secondary N) is 1. The van der Waals surface area contributed by atoms with Crippen molar-refractivity contribution >= 4 is 57.4 Å². The van der Waals surface area contributed by atoms with Crippen LogP contribution in [0.2, 0.25) is 0 Å². The van der Waals surface area contributed by atoms with Gasteiger partial charge in [0, 0.05) is 17.7 Å². The third kappa shape index (κ3) is 5.78. The van der Waals surface area contributed by atoms with E-state index in [0.29, 0.717) is 16.9 Å². The van der Waals surface area contributed by atoms with Gasteiger partial charge in [-0.3, -0.25) is 28.8 Å². The highest BCUT2D eigenvalue weighted by Gasteiger charge is 2.78. The van der Waals surface area contributed by atoms with Gasteiger partial charge >= 0.3 is 5.97 Å². The smallest absolute Gasteiger partial charge is 0.351 e. The number of hydrogen-bond acceptors (Lipinski definition) is 8. The van der Waals surface area contributed by atoms with Gasteiger partial charge in [-0.1, -0.05) is 84.9 Å². The van der Waals surface area contributed by atoms with E-state index in [4.69, 9.17) is 9.47 Å². The van der Waals surface area contributed by atoms with Crippen molar-refractivity contribution < 1.29 is 33.0 Å². The molecule has 3 aliphatic rings. The molecule has 3 heterocycles. The molecule has 2 saturated heterocycles. The van der Waals surface area contributed by atoms with Gasteiger partial charge < -0.3 is 14.8 Å². The Morgan fingerprint density at radius 2 is 1.33 bits per heavy atom. The van der Waals surface area contributed by atoms with E-state index in [-0.39, 0.29) is 24.2 Å². The first-order valence-electron chi connectivity index (χ1n) is 17.2. The Bertz CT molecular complexity index is 2200. The Labute approximate surface area is 313 Å². The summed E-state index contributed by atoms with van der Waals surface area (Å²) in [6, 6.07) is 44.6. The van der Waals surface area contributed by atoms with Crippen LogP contribution in [-0.4, -0.2) is 60.7 Å². The van der Waals surface area contributed by atoms with E-state index < -0.39 is 63.5 Å². The van der Waals surface area contributed by atoms with Crippen LogP contribution < -0.4 is 26.0 Å². The molecule has 13 heteroatoms. The molecule has 2 amide bonds. The maximum atomic E-state index is 15.1. The van der Waals surface area contributed by atoms with Crippen molar-refractivity contribution in [2.24, 2.45) is 0 Å². The number of nitro benzene ring substituents is 1. The largest absolute Gasteiger partial charge is 0.484 e. The maximum absolute atomic E-state index is 15.1. The van der Waals surface area contributed by atoms with E-state index in [2.05, 4.69) is 41.7 Å². The number of β-lactam (4-membered cyclic amide) rings is 1. The van der Waals surface area contributed by atoms with Crippen LogP contribution in [0.25, 0.3) is 0 Å². The number of hydrogen-bond donors (Lipinski definition) is 1. The first kappa shape index (κ1) is 35.1. The molecule has 3 aliphatic heterocycles. The highest BCUT2D eigenvalue weighted by Crippen LogP contribution is 2.60. The number of nitro groups is 1. The van der Waals surface area contributed by atoms with E-state index in [1.165, 1.54) is 17.0 Å². The highest BCUT2D eigenvalue weighted by molar-refractivity contribution is 7.96. The Kier molecular flexibility index (Phi) is 9.17. The fourth-order valence-electron chi connectivity index (χ4n) is 7.52. The number of amides is 2. The molecule has 4 atom stereocenters. The van der Waals surface area contributed by atoms with Crippen molar-refractivity contribution in [2.75, 3.05) is 12.8 Å². The molecule has 54 heavy (non-hydrogen) atoms. The standard InChI is InChI=1S/C41H32N3O8PS/c45-36(26-51-30-13-5-1-6-14-30)42-41-38(46)43-37(52-40(41)47)34(35(54(50)39(41)43)25-28-21-23-29(24-22-28)44(48)49)27-53(31-15-7-2-8-16-31,32-17-9-3-10-18-32)33-19-11-4-12-20-33/h1-24,35,39H,25-27H2/p+1/t35?,39-,41+,54+/m1/s1. The molecule has 0 aliphatic carbocycles. The van der Waals surface area contributed by atoms with Crippen molar-refractivity contribution in [3.63, 3.8) is 0 Å². The van der Waals surface area contributed by atoms with Gasteiger partial charge in [0.2, 0.25) is 5.88 Å². The molecule has 0 radical (unpaired) electrons. The lowest BCUT2D eigenvalue weighted by Gasteiger charge is -2.59. The normalized spacial score (nSPS) is 21.5.